The highest BCUT2D eigenvalue weighted by atomic mass is 16.6. The molecule has 0 amide bonds. The van der Waals surface area contributed by atoms with Crippen LogP contribution in [0.3, 0.4) is 0 Å². The van der Waals surface area contributed by atoms with Gasteiger partial charge in [0.15, 0.2) is 23.0 Å². The Kier molecular flexibility index (Phi) is 16.8. The molecule has 0 bridgehead atoms. The zero-order valence-corrected chi connectivity index (χ0v) is 34.9. The lowest BCUT2D eigenvalue weighted by molar-refractivity contribution is 0.0361. The lowest BCUT2D eigenvalue weighted by Crippen LogP contribution is -2.27. The van der Waals surface area contributed by atoms with E-state index in [0.29, 0.717) is 83.2 Å². The predicted octanol–water partition coefficient (Wildman–Crippen LogP) is 7.28. The van der Waals surface area contributed by atoms with Gasteiger partial charge in [-0.15, -0.1) is 0 Å². The van der Waals surface area contributed by atoms with Crippen LogP contribution in [0.1, 0.15) is 44.7 Å². The molecule has 58 heavy (non-hydrogen) atoms. The minimum Gasteiger partial charge on any atom is -0.497 e. The average molecular weight is 807 g/mol. The molecule has 314 valence electrons. The van der Waals surface area contributed by atoms with Crippen molar-refractivity contribution in [3.63, 3.8) is 0 Å². The van der Waals surface area contributed by atoms with Gasteiger partial charge >= 0.3 is 11.9 Å². The summed E-state index contributed by atoms with van der Waals surface area (Å²) in [7, 11) is 15.3. The lowest BCUT2D eigenvalue weighted by Gasteiger charge is -2.28. The Labute approximate surface area is 340 Å². The molecule has 0 heterocycles. The molecule has 4 aromatic rings. The van der Waals surface area contributed by atoms with Crippen LogP contribution < -0.4 is 47.4 Å². The van der Waals surface area contributed by atoms with E-state index in [4.69, 9.17) is 56.8 Å². The highest BCUT2D eigenvalue weighted by molar-refractivity contribution is 5.92. The van der Waals surface area contributed by atoms with E-state index < -0.39 is 11.9 Å². The molecule has 14 nitrogen and oxygen atoms in total. The van der Waals surface area contributed by atoms with E-state index in [9.17, 15) is 9.59 Å². The Morgan fingerprint density at radius 3 is 1.14 bits per heavy atom. The number of ether oxygens (including phenoxy) is 12. The van der Waals surface area contributed by atoms with Crippen molar-refractivity contribution in [1.29, 1.82) is 0 Å². The molecule has 2 atom stereocenters. The Hall–Kier alpha value is -6.18. The van der Waals surface area contributed by atoms with Crippen LogP contribution in [0.5, 0.6) is 57.5 Å². The van der Waals surface area contributed by atoms with E-state index in [1.54, 1.807) is 64.8 Å². The molecular weight excluding hydrogens is 752 g/mol. The van der Waals surface area contributed by atoms with Gasteiger partial charge < -0.3 is 56.8 Å². The molecule has 4 rings (SSSR count). The molecule has 0 radical (unpaired) electrons. The van der Waals surface area contributed by atoms with Gasteiger partial charge in [0, 0.05) is 18.1 Å². The topological polar surface area (TPSA) is 145 Å². The van der Waals surface area contributed by atoms with E-state index in [0.717, 1.165) is 11.1 Å². The van der Waals surface area contributed by atoms with Crippen molar-refractivity contribution in [3.8, 4) is 57.5 Å². The maximum absolute atomic E-state index is 13.8. The van der Waals surface area contributed by atoms with Gasteiger partial charge in [0.2, 0.25) is 11.5 Å². The Balaban J connectivity index is 1.68. The Bertz CT molecular complexity index is 1880. The van der Waals surface area contributed by atoms with Gasteiger partial charge in [0.25, 0.3) is 0 Å². The Morgan fingerprint density at radius 2 is 0.793 bits per heavy atom. The number of benzene rings is 4. The van der Waals surface area contributed by atoms with Crippen molar-refractivity contribution in [2.45, 2.75) is 25.7 Å². The molecule has 0 fully saturated rings. The summed E-state index contributed by atoms with van der Waals surface area (Å²) in [5, 5.41) is 0. The second-order valence-electron chi connectivity index (χ2n) is 13.1. The van der Waals surface area contributed by atoms with Crippen LogP contribution in [0, 0.1) is 11.8 Å². The molecule has 0 unspecified atom stereocenters. The van der Waals surface area contributed by atoms with Crippen molar-refractivity contribution >= 4 is 11.9 Å². The Morgan fingerprint density at radius 1 is 0.431 bits per heavy atom. The van der Waals surface area contributed by atoms with Crippen LogP contribution >= 0.6 is 0 Å². The zero-order chi connectivity index (χ0) is 42.2. The van der Waals surface area contributed by atoms with Crippen LogP contribution in [0.25, 0.3) is 0 Å². The number of hydrogen-bond donors (Lipinski definition) is 0. The van der Waals surface area contributed by atoms with E-state index >= 15 is 0 Å². The maximum atomic E-state index is 13.8. The summed E-state index contributed by atoms with van der Waals surface area (Å²) in [5.74, 6) is 3.03. The van der Waals surface area contributed by atoms with Gasteiger partial charge in [0.1, 0.15) is 23.0 Å². The first kappa shape index (κ1) is 44.5. The molecule has 0 aliphatic rings. The fourth-order valence-electron chi connectivity index (χ4n) is 6.70. The van der Waals surface area contributed by atoms with Crippen LogP contribution in [0.15, 0.2) is 60.7 Å². The van der Waals surface area contributed by atoms with Crippen molar-refractivity contribution in [2.24, 2.45) is 11.8 Å². The quantitative estimate of drug-likeness (QED) is 0.0547. The van der Waals surface area contributed by atoms with E-state index in [1.165, 1.54) is 42.7 Å². The van der Waals surface area contributed by atoms with Crippen LogP contribution in [0.2, 0.25) is 0 Å². The molecule has 0 saturated heterocycles. The molecule has 14 heteroatoms. The van der Waals surface area contributed by atoms with Gasteiger partial charge in [-0.25, -0.2) is 9.59 Å². The summed E-state index contributed by atoms with van der Waals surface area (Å²) in [6.07, 6.45) is 2.09. The summed E-state index contributed by atoms with van der Waals surface area (Å²) in [6.45, 7) is 0.143. The minimum atomic E-state index is -0.575. The molecule has 0 spiro atoms. The van der Waals surface area contributed by atoms with E-state index in [1.807, 2.05) is 24.3 Å². The van der Waals surface area contributed by atoms with Crippen LogP contribution in [-0.2, 0) is 22.3 Å². The number of methoxy groups -OCH3 is 10. The second-order valence-corrected chi connectivity index (χ2v) is 13.1. The summed E-state index contributed by atoms with van der Waals surface area (Å²) < 4.78 is 66.9. The highest BCUT2D eigenvalue weighted by Crippen LogP contribution is 2.40. The minimum absolute atomic E-state index is 0.0337. The average Bonchev–Trinajstić information content (AvgIpc) is 3.26. The monoisotopic (exact) mass is 806 g/mol. The van der Waals surface area contributed by atoms with Crippen molar-refractivity contribution in [2.75, 3.05) is 84.3 Å². The largest absolute Gasteiger partial charge is 0.497 e. The number of carbonyl (C=O) groups is 2. The molecular formula is C44H54O14. The predicted molar refractivity (Wildman–Crippen MR) is 215 cm³/mol. The van der Waals surface area contributed by atoms with Crippen LogP contribution in [-0.4, -0.2) is 96.3 Å². The standard InChI is InChI=1S/C44H54O14/c1-47-33-16-27(17-34(24-33)48-2)14-29(12-11-13-57-43(45)30-20-37(51-5)41(55-9)38(21-30)52-6)32(15-28-18-35(49-3)25-36(19-28)50-4)26-58-44(46)31-22-39(53-7)42(56-10)40(23-31)54-8/h16-25,29,32H,11-15,26H2,1-10H3/t29-,32+/m1/s1. The molecule has 0 aliphatic heterocycles. The fourth-order valence-corrected chi connectivity index (χ4v) is 6.70. The van der Waals surface area contributed by atoms with Gasteiger partial charge in [0.05, 0.1) is 95.4 Å². The third-order valence-electron chi connectivity index (χ3n) is 9.67. The number of carbonyl (C=O) groups excluding carboxylic acids is 2. The SMILES string of the molecule is COc1cc(C[C@@H](CCCOC(=O)c2cc(OC)c(OC)c(OC)c2)[C@H](COC(=O)c2cc(OC)c(OC)c(OC)c2)Cc2cc(OC)cc(OC)c2)cc(OC)c1. The highest BCUT2D eigenvalue weighted by Gasteiger charge is 2.27. The molecule has 4 aromatic carbocycles. The van der Waals surface area contributed by atoms with E-state index in [-0.39, 0.29) is 36.2 Å². The summed E-state index contributed by atoms with van der Waals surface area (Å²) in [6, 6.07) is 17.6. The van der Waals surface area contributed by atoms with Gasteiger partial charge in [-0.1, -0.05) is 0 Å². The molecule has 0 saturated carbocycles. The van der Waals surface area contributed by atoms with Crippen molar-refractivity contribution in [3.05, 3.63) is 82.9 Å². The molecule has 0 aliphatic carbocycles. The first-order chi connectivity index (χ1) is 28.1. The van der Waals surface area contributed by atoms with Gasteiger partial charge in [-0.05, 0) is 91.3 Å². The third-order valence-corrected chi connectivity index (χ3v) is 9.67. The van der Waals surface area contributed by atoms with Gasteiger partial charge in [-0.3, -0.25) is 0 Å². The summed E-state index contributed by atoms with van der Waals surface area (Å²) >= 11 is 0. The molecule has 0 N–H and O–H groups in total. The first-order valence-corrected chi connectivity index (χ1v) is 18.5. The number of esters is 2. The number of hydrogen-bond acceptors (Lipinski definition) is 14. The fraction of sp³-hybridized carbons (Fsp3) is 0.409. The third kappa shape index (κ3) is 11.5. The second kappa shape index (κ2) is 21.9. The normalized spacial score (nSPS) is 11.7. The zero-order valence-electron chi connectivity index (χ0n) is 34.9. The van der Waals surface area contributed by atoms with Crippen LogP contribution in [0.4, 0.5) is 0 Å². The van der Waals surface area contributed by atoms with E-state index in [2.05, 4.69) is 0 Å². The van der Waals surface area contributed by atoms with Crippen molar-refractivity contribution in [1.82, 2.24) is 0 Å². The van der Waals surface area contributed by atoms with Gasteiger partial charge in [-0.2, -0.15) is 0 Å². The summed E-state index contributed by atoms with van der Waals surface area (Å²) in [5.41, 5.74) is 2.33. The maximum Gasteiger partial charge on any atom is 0.338 e. The smallest absolute Gasteiger partial charge is 0.338 e. The molecule has 0 aromatic heterocycles. The number of rotatable bonds is 23. The summed E-state index contributed by atoms with van der Waals surface area (Å²) in [4.78, 5) is 27.0. The first-order valence-electron chi connectivity index (χ1n) is 18.5. The van der Waals surface area contributed by atoms with Crippen molar-refractivity contribution < 1.29 is 66.4 Å². The lowest BCUT2D eigenvalue weighted by atomic mass is 9.80.